The first-order valence-corrected chi connectivity index (χ1v) is 13.3. The number of nitrogens with zero attached hydrogens (tertiary/aromatic N) is 2. The average molecular weight is 502 g/mol. The van der Waals surface area contributed by atoms with Crippen LogP contribution >= 0.6 is 0 Å². The number of amides is 1. The summed E-state index contributed by atoms with van der Waals surface area (Å²) in [6.45, 7) is 1.56. The summed E-state index contributed by atoms with van der Waals surface area (Å²) in [4.78, 5) is 17.0. The van der Waals surface area contributed by atoms with E-state index in [1.807, 2.05) is 66.7 Å². The van der Waals surface area contributed by atoms with Crippen LogP contribution in [-0.4, -0.2) is 31.6 Å². The lowest BCUT2D eigenvalue weighted by molar-refractivity contribution is -0.116. The smallest absolute Gasteiger partial charge is 0.247 e. The van der Waals surface area contributed by atoms with Gasteiger partial charge in [0, 0.05) is 18.1 Å². The number of rotatable bonds is 9. The Balaban J connectivity index is 1.45. The minimum atomic E-state index is -3.74. The van der Waals surface area contributed by atoms with Gasteiger partial charge in [-0.1, -0.05) is 30.3 Å². The number of carbonyl (C=O) groups is 1. The van der Waals surface area contributed by atoms with E-state index in [-0.39, 0.29) is 0 Å². The zero-order valence-electron chi connectivity index (χ0n) is 20.0. The number of ether oxygens (including phenoxy) is 1. The molecule has 1 aromatic heterocycles. The SMILES string of the molecule is C[C@H](C(=O)Nc1ccc(Cc2ccncc2)cc1)N(c1ccc(Oc2ccccc2)cc1)S(C)(=O)=O. The van der Waals surface area contributed by atoms with Crippen molar-refractivity contribution in [1.29, 1.82) is 0 Å². The second kappa shape index (κ2) is 11.0. The lowest BCUT2D eigenvalue weighted by atomic mass is 10.1. The molecule has 0 aliphatic rings. The molecular weight excluding hydrogens is 474 g/mol. The molecule has 0 radical (unpaired) electrons. The van der Waals surface area contributed by atoms with Crippen LogP contribution in [0.15, 0.2) is 103 Å². The van der Waals surface area contributed by atoms with E-state index in [4.69, 9.17) is 4.74 Å². The molecular formula is C28H27N3O4S. The van der Waals surface area contributed by atoms with E-state index in [0.29, 0.717) is 22.9 Å². The van der Waals surface area contributed by atoms with Crippen molar-refractivity contribution in [2.24, 2.45) is 0 Å². The van der Waals surface area contributed by atoms with Gasteiger partial charge < -0.3 is 10.1 Å². The minimum absolute atomic E-state index is 0.369. The summed E-state index contributed by atoms with van der Waals surface area (Å²) >= 11 is 0. The lowest BCUT2D eigenvalue weighted by Gasteiger charge is -2.28. The molecule has 0 aliphatic heterocycles. The van der Waals surface area contributed by atoms with E-state index >= 15 is 0 Å². The first kappa shape index (κ1) is 24.9. The zero-order chi connectivity index (χ0) is 25.5. The Kier molecular flexibility index (Phi) is 7.65. The monoisotopic (exact) mass is 501 g/mol. The molecule has 3 aromatic carbocycles. The third-order valence-corrected chi connectivity index (χ3v) is 6.78. The van der Waals surface area contributed by atoms with Crippen LogP contribution in [0.3, 0.4) is 0 Å². The minimum Gasteiger partial charge on any atom is -0.457 e. The number of para-hydroxylation sites is 1. The van der Waals surface area contributed by atoms with Crippen molar-refractivity contribution in [3.8, 4) is 11.5 Å². The van der Waals surface area contributed by atoms with E-state index in [0.717, 1.165) is 28.1 Å². The standard InChI is InChI=1S/C28H27N3O4S/c1-21(28(32)30-24-10-8-22(9-11-24)20-23-16-18-29-19-17-23)31(36(2,33)34)25-12-14-27(15-13-25)35-26-6-4-3-5-7-26/h3-19,21H,20H2,1-2H3,(H,30,32)/t21-/m1/s1. The molecule has 0 unspecified atom stereocenters. The van der Waals surface area contributed by atoms with Crippen LogP contribution in [0.4, 0.5) is 11.4 Å². The van der Waals surface area contributed by atoms with Crippen LogP contribution in [0.5, 0.6) is 11.5 Å². The van der Waals surface area contributed by atoms with Crippen LogP contribution in [0.25, 0.3) is 0 Å². The normalized spacial score (nSPS) is 11.9. The maximum atomic E-state index is 13.0. The fraction of sp³-hybridized carbons (Fsp3) is 0.143. The van der Waals surface area contributed by atoms with Crippen LogP contribution in [0, 0.1) is 0 Å². The average Bonchev–Trinajstić information content (AvgIpc) is 2.87. The number of hydrogen-bond acceptors (Lipinski definition) is 5. The first-order valence-electron chi connectivity index (χ1n) is 11.4. The highest BCUT2D eigenvalue weighted by atomic mass is 32.2. The molecule has 184 valence electrons. The molecule has 0 bridgehead atoms. The molecule has 7 nitrogen and oxygen atoms in total. The number of aromatic nitrogens is 1. The number of anilines is 2. The summed E-state index contributed by atoms with van der Waals surface area (Å²) in [7, 11) is -3.74. The summed E-state index contributed by atoms with van der Waals surface area (Å²) in [5.74, 6) is 0.791. The number of benzene rings is 3. The summed E-state index contributed by atoms with van der Waals surface area (Å²) in [6, 6.07) is 26.3. The molecule has 0 saturated heterocycles. The second-order valence-electron chi connectivity index (χ2n) is 8.36. The Morgan fingerprint density at radius 3 is 2.06 bits per heavy atom. The molecule has 1 N–H and O–H groups in total. The highest BCUT2D eigenvalue weighted by molar-refractivity contribution is 7.92. The second-order valence-corrected chi connectivity index (χ2v) is 10.2. The predicted molar refractivity (Wildman–Crippen MR) is 142 cm³/mol. The van der Waals surface area contributed by atoms with Crippen molar-refractivity contribution in [3.05, 3.63) is 115 Å². The quantitative estimate of drug-likeness (QED) is 0.338. The summed E-state index contributed by atoms with van der Waals surface area (Å²) in [5.41, 5.74) is 3.18. The van der Waals surface area contributed by atoms with E-state index < -0.39 is 22.0 Å². The van der Waals surface area contributed by atoms with Crippen molar-refractivity contribution < 1.29 is 17.9 Å². The van der Waals surface area contributed by atoms with Gasteiger partial charge in [0.25, 0.3) is 0 Å². The van der Waals surface area contributed by atoms with Gasteiger partial charge in [0.15, 0.2) is 0 Å². The molecule has 1 amide bonds. The zero-order valence-corrected chi connectivity index (χ0v) is 20.9. The van der Waals surface area contributed by atoms with Gasteiger partial charge in [-0.2, -0.15) is 0 Å². The summed E-state index contributed by atoms with van der Waals surface area (Å²) in [5, 5.41) is 2.82. The third kappa shape index (κ3) is 6.49. The van der Waals surface area contributed by atoms with Gasteiger partial charge >= 0.3 is 0 Å². The van der Waals surface area contributed by atoms with Gasteiger partial charge in [0.2, 0.25) is 15.9 Å². The van der Waals surface area contributed by atoms with Crippen molar-refractivity contribution in [2.75, 3.05) is 15.9 Å². The molecule has 0 fully saturated rings. The number of sulfonamides is 1. The number of pyridine rings is 1. The topological polar surface area (TPSA) is 88.6 Å². The molecule has 1 atom stereocenters. The van der Waals surface area contributed by atoms with Gasteiger partial charge in [-0.3, -0.25) is 14.1 Å². The lowest BCUT2D eigenvalue weighted by Crippen LogP contribution is -2.45. The Labute approximate surface area is 211 Å². The Hall–Kier alpha value is -4.17. The maximum absolute atomic E-state index is 13.0. The fourth-order valence-electron chi connectivity index (χ4n) is 3.78. The van der Waals surface area contributed by atoms with Gasteiger partial charge in [0.1, 0.15) is 17.5 Å². The van der Waals surface area contributed by atoms with Crippen LogP contribution in [0.2, 0.25) is 0 Å². The third-order valence-electron chi connectivity index (χ3n) is 5.54. The van der Waals surface area contributed by atoms with Crippen molar-refractivity contribution in [1.82, 2.24) is 4.98 Å². The van der Waals surface area contributed by atoms with Gasteiger partial charge in [-0.05, 0) is 85.1 Å². The molecule has 4 aromatic rings. The first-order chi connectivity index (χ1) is 17.3. The van der Waals surface area contributed by atoms with Crippen LogP contribution in [-0.2, 0) is 21.2 Å². The van der Waals surface area contributed by atoms with Gasteiger partial charge in [0.05, 0.1) is 11.9 Å². The maximum Gasteiger partial charge on any atom is 0.247 e. The van der Waals surface area contributed by atoms with Gasteiger partial charge in [-0.25, -0.2) is 8.42 Å². The van der Waals surface area contributed by atoms with E-state index in [9.17, 15) is 13.2 Å². The van der Waals surface area contributed by atoms with E-state index in [1.54, 1.807) is 43.6 Å². The van der Waals surface area contributed by atoms with Gasteiger partial charge in [-0.15, -0.1) is 0 Å². The van der Waals surface area contributed by atoms with E-state index in [1.165, 1.54) is 0 Å². The van der Waals surface area contributed by atoms with Crippen molar-refractivity contribution in [2.45, 2.75) is 19.4 Å². The van der Waals surface area contributed by atoms with E-state index in [2.05, 4.69) is 10.3 Å². The highest BCUT2D eigenvalue weighted by Gasteiger charge is 2.29. The van der Waals surface area contributed by atoms with Crippen molar-refractivity contribution >= 4 is 27.3 Å². The molecule has 4 rings (SSSR count). The molecule has 36 heavy (non-hydrogen) atoms. The Morgan fingerprint density at radius 2 is 1.44 bits per heavy atom. The number of carbonyl (C=O) groups excluding carboxylic acids is 1. The summed E-state index contributed by atoms with van der Waals surface area (Å²) < 4.78 is 32.2. The molecule has 0 saturated carbocycles. The van der Waals surface area contributed by atoms with Crippen LogP contribution < -0.4 is 14.4 Å². The predicted octanol–water partition coefficient (Wildman–Crippen LogP) is 5.26. The number of hydrogen-bond donors (Lipinski definition) is 1. The highest BCUT2D eigenvalue weighted by Crippen LogP contribution is 2.27. The fourth-order valence-corrected chi connectivity index (χ4v) is 4.96. The summed E-state index contributed by atoms with van der Waals surface area (Å²) in [6.07, 6.45) is 5.34. The largest absolute Gasteiger partial charge is 0.457 e. The molecule has 1 heterocycles. The molecule has 0 spiro atoms. The molecule has 8 heteroatoms. The van der Waals surface area contributed by atoms with Crippen LogP contribution in [0.1, 0.15) is 18.1 Å². The Bertz CT molecular complexity index is 1390. The number of nitrogens with one attached hydrogen (secondary N) is 1. The molecule has 0 aliphatic carbocycles. The Morgan fingerprint density at radius 1 is 0.861 bits per heavy atom. The van der Waals surface area contributed by atoms with Crippen molar-refractivity contribution in [3.63, 3.8) is 0 Å².